The zero-order chi connectivity index (χ0) is 19.1. The molecule has 2 fully saturated rings. The lowest BCUT2D eigenvalue weighted by molar-refractivity contribution is -0.129. The van der Waals surface area contributed by atoms with Gasteiger partial charge in [0.25, 0.3) is 5.91 Å². The van der Waals surface area contributed by atoms with Gasteiger partial charge in [-0.3, -0.25) is 14.4 Å². The highest BCUT2D eigenvalue weighted by Gasteiger charge is 2.41. The number of carbonyl (C=O) groups excluding carboxylic acids is 3. The van der Waals surface area contributed by atoms with Crippen molar-refractivity contribution < 1.29 is 14.4 Å². The Balaban J connectivity index is 1.61. The Kier molecular flexibility index (Phi) is 4.53. The van der Waals surface area contributed by atoms with E-state index in [4.69, 9.17) is 0 Å². The monoisotopic (exact) mass is 370 g/mol. The van der Waals surface area contributed by atoms with Crippen LogP contribution in [0.5, 0.6) is 0 Å². The van der Waals surface area contributed by atoms with Gasteiger partial charge in [-0.15, -0.1) is 0 Å². The van der Waals surface area contributed by atoms with Crippen LogP contribution in [0.4, 0.5) is 11.4 Å². The van der Waals surface area contributed by atoms with Gasteiger partial charge in [-0.2, -0.15) is 0 Å². The smallest absolute Gasteiger partial charge is 0.254 e. The van der Waals surface area contributed by atoms with E-state index in [1.807, 2.05) is 33.9 Å². The van der Waals surface area contributed by atoms with Crippen LogP contribution in [-0.4, -0.2) is 66.3 Å². The number of nitrogens with zero attached hydrogens (tertiary/aromatic N) is 3. The van der Waals surface area contributed by atoms with E-state index in [-0.39, 0.29) is 29.8 Å². The highest BCUT2D eigenvalue weighted by atomic mass is 16.2. The zero-order valence-corrected chi connectivity index (χ0v) is 15.9. The number of likely N-dealkylation sites (tertiary alicyclic amines) is 1. The number of rotatable bonds is 1. The number of benzene rings is 1. The third kappa shape index (κ3) is 3.26. The maximum atomic E-state index is 13.3. The second kappa shape index (κ2) is 6.87. The number of carbonyl (C=O) groups is 3. The molecule has 0 spiro atoms. The Morgan fingerprint density at radius 1 is 1.11 bits per heavy atom. The minimum Gasteiger partial charge on any atom is -0.372 e. The molecule has 2 saturated heterocycles. The minimum atomic E-state index is -0.0304. The largest absolute Gasteiger partial charge is 0.372 e. The van der Waals surface area contributed by atoms with Crippen molar-refractivity contribution in [3.63, 3.8) is 0 Å². The zero-order valence-electron chi connectivity index (χ0n) is 15.9. The second-order valence-corrected chi connectivity index (χ2v) is 7.80. The summed E-state index contributed by atoms with van der Waals surface area (Å²) in [4.78, 5) is 43.0. The Morgan fingerprint density at radius 3 is 2.67 bits per heavy atom. The molecule has 1 aromatic carbocycles. The van der Waals surface area contributed by atoms with Gasteiger partial charge in [-0.1, -0.05) is 0 Å². The van der Waals surface area contributed by atoms with Crippen molar-refractivity contribution >= 4 is 29.1 Å². The molecule has 27 heavy (non-hydrogen) atoms. The summed E-state index contributed by atoms with van der Waals surface area (Å²) < 4.78 is 0. The molecule has 3 aliphatic rings. The van der Waals surface area contributed by atoms with Gasteiger partial charge in [-0.05, 0) is 37.5 Å². The van der Waals surface area contributed by atoms with E-state index in [9.17, 15) is 14.4 Å². The van der Waals surface area contributed by atoms with Crippen LogP contribution in [0, 0.1) is 0 Å². The summed E-state index contributed by atoms with van der Waals surface area (Å²) in [6.45, 7) is 3.58. The van der Waals surface area contributed by atoms with E-state index in [0.29, 0.717) is 37.3 Å². The first-order valence-corrected chi connectivity index (χ1v) is 9.67. The fourth-order valence-electron chi connectivity index (χ4n) is 4.55. The summed E-state index contributed by atoms with van der Waals surface area (Å²) in [6, 6.07) is 5.82. The maximum absolute atomic E-state index is 13.3. The topological polar surface area (TPSA) is 73.0 Å². The van der Waals surface area contributed by atoms with E-state index in [1.165, 1.54) is 0 Å². The van der Waals surface area contributed by atoms with Crippen LogP contribution in [-0.2, 0) is 9.59 Å². The van der Waals surface area contributed by atoms with Gasteiger partial charge >= 0.3 is 0 Å². The van der Waals surface area contributed by atoms with Crippen molar-refractivity contribution in [2.45, 2.75) is 44.7 Å². The molecule has 2 bridgehead atoms. The predicted octanol–water partition coefficient (Wildman–Crippen LogP) is 1.69. The van der Waals surface area contributed by atoms with Crippen molar-refractivity contribution in [3.8, 4) is 0 Å². The number of amides is 3. The maximum Gasteiger partial charge on any atom is 0.254 e. The van der Waals surface area contributed by atoms with Crippen molar-refractivity contribution in [2.75, 3.05) is 36.9 Å². The normalized spacial score (nSPS) is 24.8. The lowest BCUT2D eigenvalue weighted by atomic mass is 10.1. The average Bonchev–Trinajstić information content (AvgIpc) is 2.83. The van der Waals surface area contributed by atoms with Crippen LogP contribution in [0.2, 0.25) is 0 Å². The van der Waals surface area contributed by atoms with Crippen molar-refractivity contribution in [1.82, 2.24) is 9.80 Å². The van der Waals surface area contributed by atoms with Gasteiger partial charge in [-0.25, -0.2) is 0 Å². The SMILES string of the molecule is CC(=O)N1CCC2CCC(C1)N2C(=O)c1ccc2c(c1)NC(=O)CCN2C. The van der Waals surface area contributed by atoms with Crippen molar-refractivity contribution in [1.29, 1.82) is 0 Å². The fraction of sp³-hybridized carbons (Fsp3) is 0.550. The van der Waals surface area contributed by atoms with E-state index in [2.05, 4.69) is 5.32 Å². The van der Waals surface area contributed by atoms with Gasteiger partial charge < -0.3 is 20.0 Å². The molecule has 2 unspecified atom stereocenters. The molecule has 7 heteroatoms. The van der Waals surface area contributed by atoms with E-state index in [1.54, 1.807) is 13.0 Å². The molecule has 0 saturated carbocycles. The molecule has 0 radical (unpaired) electrons. The highest BCUT2D eigenvalue weighted by Crippen LogP contribution is 2.34. The van der Waals surface area contributed by atoms with Crippen molar-refractivity contribution in [2.24, 2.45) is 0 Å². The molecule has 2 atom stereocenters. The molecule has 7 nitrogen and oxygen atoms in total. The Bertz CT molecular complexity index is 793. The number of hydrogen-bond acceptors (Lipinski definition) is 4. The van der Waals surface area contributed by atoms with Crippen molar-refractivity contribution in [3.05, 3.63) is 23.8 Å². The molecule has 4 rings (SSSR count). The Morgan fingerprint density at radius 2 is 1.89 bits per heavy atom. The molecule has 0 aliphatic carbocycles. The molecule has 3 amide bonds. The molecule has 3 heterocycles. The second-order valence-electron chi connectivity index (χ2n) is 7.80. The standard InChI is InChI=1S/C20H26N4O3/c1-13(25)23-10-7-15-4-5-16(12-23)24(15)20(27)14-3-6-18-17(11-14)21-19(26)8-9-22(18)2/h3,6,11,15-16H,4-5,7-10,12H2,1-2H3,(H,21,26). The summed E-state index contributed by atoms with van der Waals surface area (Å²) >= 11 is 0. The van der Waals surface area contributed by atoms with E-state index < -0.39 is 0 Å². The summed E-state index contributed by atoms with van der Waals surface area (Å²) in [7, 11) is 1.95. The molecule has 0 aromatic heterocycles. The predicted molar refractivity (Wildman–Crippen MR) is 103 cm³/mol. The van der Waals surface area contributed by atoms with Crippen LogP contribution >= 0.6 is 0 Å². The van der Waals surface area contributed by atoms with Crippen LogP contribution in [0.3, 0.4) is 0 Å². The summed E-state index contributed by atoms with van der Waals surface area (Å²) in [5.74, 6) is 0.0414. The Hall–Kier alpha value is -2.57. The number of fused-ring (bicyclic) bond motifs is 3. The molecule has 1 aromatic rings. The molecule has 1 N–H and O–H groups in total. The minimum absolute atomic E-state index is 0.00292. The third-order valence-electron chi connectivity index (χ3n) is 6.07. The number of hydrogen-bond donors (Lipinski definition) is 1. The van der Waals surface area contributed by atoms with Crippen LogP contribution in [0.15, 0.2) is 18.2 Å². The first kappa shape index (κ1) is 17.8. The molecular weight excluding hydrogens is 344 g/mol. The lowest BCUT2D eigenvalue weighted by Gasteiger charge is -2.29. The third-order valence-corrected chi connectivity index (χ3v) is 6.07. The number of anilines is 2. The van der Waals surface area contributed by atoms with Crippen LogP contribution in [0.1, 0.15) is 43.0 Å². The quantitative estimate of drug-likeness (QED) is 0.817. The van der Waals surface area contributed by atoms with Gasteiger partial charge in [0.2, 0.25) is 11.8 Å². The molecule has 144 valence electrons. The van der Waals surface area contributed by atoms with Gasteiger partial charge in [0, 0.05) is 57.7 Å². The molecule has 3 aliphatic heterocycles. The summed E-state index contributed by atoms with van der Waals surface area (Å²) in [6.07, 6.45) is 3.19. The van der Waals surface area contributed by atoms with Gasteiger partial charge in [0.15, 0.2) is 0 Å². The molecular formula is C20H26N4O3. The summed E-state index contributed by atoms with van der Waals surface area (Å²) in [5, 5.41) is 2.92. The highest BCUT2D eigenvalue weighted by molar-refractivity contribution is 6.01. The first-order valence-electron chi connectivity index (χ1n) is 9.67. The lowest BCUT2D eigenvalue weighted by Crippen LogP contribution is -2.43. The van der Waals surface area contributed by atoms with Crippen LogP contribution < -0.4 is 10.2 Å². The summed E-state index contributed by atoms with van der Waals surface area (Å²) in [5.41, 5.74) is 2.22. The Labute approximate surface area is 159 Å². The first-order chi connectivity index (χ1) is 12.9. The van der Waals surface area contributed by atoms with Gasteiger partial charge in [0.05, 0.1) is 11.4 Å². The van der Waals surface area contributed by atoms with Gasteiger partial charge in [0.1, 0.15) is 0 Å². The fourth-order valence-corrected chi connectivity index (χ4v) is 4.55. The van der Waals surface area contributed by atoms with E-state index in [0.717, 1.165) is 24.9 Å². The van der Waals surface area contributed by atoms with Crippen LogP contribution in [0.25, 0.3) is 0 Å². The van der Waals surface area contributed by atoms with E-state index >= 15 is 0 Å². The average molecular weight is 370 g/mol. The number of nitrogens with one attached hydrogen (secondary N) is 1.